The van der Waals surface area contributed by atoms with Crippen LogP contribution >= 0.6 is 0 Å². The molecule has 13 heteroatoms. The number of methoxy groups -OCH3 is 1. The lowest BCUT2D eigenvalue weighted by Gasteiger charge is -2.28. The Morgan fingerprint density at radius 1 is 1.33 bits per heavy atom. The van der Waals surface area contributed by atoms with Crippen molar-refractivity contribution in [2.75, 3.05) is 13.7 Å². The number of hydrogen-bond acceptors (Lipinski definition) is 8. The van der Waals surface area contributed by atoms with Gasteiger partial charge in [-0.1, -0.05) is 0 Å². The quantitative estimate of drug-likeness (QED) is 0.395. The summed E-state index contributed by atoms with van der Waals surface area (Å²) in [6.07, 6.45) is 2.66. The largest absolute Gasteiger partial charge is 0.421 e. The molecular weight excluding hydrogens is 436 g/mol. The van der Waals surface area contributed by atoms with Gasteiger partial charge in [0.1, 0.15) is 24.5 Å². The minimum absolute atomic E-state index is 0.0483. The molecule has 3 heterocycles. The van der Waals surface area contributed by atoms with Gasteiger partial charge in [0.15, 0.2) is 0 Å². The maximum atomic E-state index is 13.3. The fraction of sp³-hybridized carbons (Fsp3) is 0.600. The van der Waals surface area contributed by atoms with E-state index in [0.717, 1.165) is 4.57 Å². The molecule has 1 aromatic heterocycles. The zero-order valence-electron chi connectivity index (χ0n) is 18.5. The molecule has 0 aliphatic carbocycles. The highest BCUT2D eigenvalue weighted by atomic mass is 16.7. The summed E-state index contributed by atoms with van der Waals surface area (Å²) in [5.41, 5.74) is 5.77. The SMILES string of the molecule is COC(C)OC(=O)n1cnc(C[C@H](NC(=O)[C@@H]2CCC(=O)N2)C(=O)N2CCC[C@H]2C(N)=O)c1. The number of nitrogens with one attached hydrogen (secondary N) is 2. The number of ether oxygens (including phenoxy) is 2. The Balaban J connectivity index is 1.76. The van der Waals surface area contributed by atoms with Gasteiger partial charge in [-0.05, 0) is 26.2 Å². The number of rotatable bonds is 8. The number of carbonyl (C=O) groups is 5. The summed E-state index contributed by atoms with van der Waals surface area (Å²) in [5, 5.41) is 5.22. The molecule has 1 unspecified atom stereocenters. The minimum atomic E-state index is -1.08. The summed E-state index contributed by atoms with van der Waals surface area (Å²) >= 11 is 0. The second-order valence-electron chi connectivity index (χ2n) is 7.98. The number of hydrogen-bond donors (Lipinski definition) is 3. The molecule has 180 valence electrons. The van der Waals surface area contributed by atoms with E-state index in [1.165, 1.54) is 24.5 Å². The van der Waals surface area contributed by atoms with Crippen molar-refractivity contribution in [3.8, 4) is 0 Å². The lowest BCUT2D eigenvalue weighted by molar-refractivity contribution is -0.140. The number of carbonyl (C=O) groups excluding carboxylic acids is 5. The standard InChI is InChI=1S/C20H28N6O7/c1-11(32-2)33-20(31)25-9-12(22-10-25)8-14(24-18(29)13-5-6-16(27)23-13)19(30)26-7-3-4-15(26)17(21)28/h9-11,13-15H,3-8H2,1-2H3,(H2,21,28)(H,23,27)(H,24,29)/t11?,13-,14-,15-/m0/s1. The number of amides is 4. The van der Waals surface area contributed by atoms with Gasteiger partial charge in [-0.25, -0.2) is 14.3 Å². The van der Waals surface area contributed by atoms with Gasteiger partial charge < -0.3 is 30.7 Å². The van der Waals surface area contributed by atoms with Crippen molar-refractivity contribution < 1.29 is 33.4 Å². The van der Waals surface area contributed by atoms with Gasteiger partial charge in [0.2, 0.25) is 29.9 Å². The Morgan fingerprint density at radius 3 is 2.73 bits per heavy atom. The van der Waals surface area contributed by atoms with E-state index >= 15 is 0 Å². The molecule has 2 aliphatic heterocycles. The van der Waals surface area contributed by atoms with Crippen molar-refractivity contribution in [3.05, 3.63) is 18.2 Å². The maximum absolute atomic E-state index is 13.3. The first kappa shape index (κ1) is 24.2. The van der Waals surface area contributed by atoms with Crippen LogP contribution < -0.4 is 16.4 Å². The van der Waals surface area contributed by atoms with Crippen LogP contribution in [0, 0.1) is 0 Å². The normalized spacial score (nSPS) is 21.9. The zero-order valence-corrected chi connectivity index (χ0v) is 18.5. The number of aromatic nitrogens is 2. The molecule has 4 atom stereocenters. The predicted octanol–water partition coefficient (Wildman–Crippen LogP) is -1.36. The third kappa shape index (κ3) is 5.86. The van der Waals surface area contributed by atoms with E-state index in [1.807, 2.05) is 0 Å². The first-order chi connectivity index (χ1) is 15.7. The van der Waals surface area contributed by atoms with Crippen LogP contribution in [0.2, 0.25) is 0 Å². The zero-order chi connectivity index (χ0) is 24.1. The van der Waals surface area contributed by atoms with E-state index in [1.54, 1.807) is 6.92 Å². The van der Waals surface area contributed by atoms with E-state index in [-0.39, 0.29) is 18.7 Å². The molecule has 4 N–H and O–H groups in total. The van der Waals surface area contributed by atoms with Gasteiger partial charge in [0, 0.05) is 32.7 Å². The monoisotopic (exact) mass is 464 g/mol. The molecule has 0 radical (unpaired) electrons. The topological polar surface area (TPSA) is 175 Å². The summed E-state index contributed by atoms with van der Waals surface area (Å²) in [6.45, 7) is 1.88. The summed E-state index contributed by atoms with van der Waals surface area (Å²) in [4.78, 5) is 66.8. The van der Waals surface area contributed by atoms with Crippen molar-refractivity contribution in [1.82, 2.24) is 25.1 Å². The van der Waals surface area contributed by atoms with Gasteiger partial charge in [0.25, 0.3) is 0 Å². The van der Waals surface area contributed by atoms with Gasteiger partial charge in [-0.15, -0.1) is 0 Å². The smallest absolute Gasteiger partial charge is 0.419 e. The Bertz CT molecular complexity index is 932. The second kappa shape index (κ2) is 10.4. The van der Waals surface area contributed by atoms with Crippen LogP contribution in [0.15, 0.2) is 12.5 Å². The van der Waals surface area contributed by atoms with Gasteiger partial charge in [-0.3, -0.25) is 19.2 Å². The summed E-state index contributed by atoms with van der Waals surface area (Å²) in [7, 11) is 1.39. The highest BCUT2D eigenvalue weighted by Gasteiger charge is 2.38. The Kier molecular flexibility index (Phi) is 7.63. The van der Waals surface area contributed by atoms with Crippen LogP contribution in [-0.4, -0.2) is 82.2 Å². The highest BCUT2D eigenvalue weighted by molar-refractivity contribution is 5.95. The number of nitrogens with zero attached hydrogens (tertiary/aromatic N) is 3. The Morgan fingerprint density at radius 2 is 2.09 bits per heavy atom. The summed E-state index contributed by atoms with van der Waals surface area (Å²) < 4.78 is 11.0. The van der Waals surface area contributed by atoms with E-state index in [0.29, 0.717) is 31.5 Å². The van der Waals surface area contributed by atoms with Crippen molar-refractivity contribution >= 4 is 29.7 Å². The van der Waals surface area contributed by atoms with E-state index in [2.05, 4.69) is 15.6 Å². The first-order valence-electron chi connectivity index (χ1n) is 10.7. The molecule has 0 aromatic carbocycles. The Hall–Kier alpha value is -3.48. The second-order valence-corrected chi connectivity index (χ2v) is 7.98. The van der Waals surface area contributed by atoms with Crippen LogP contribution in [0.4, 0.5) is 4.79 Å². The molecule has 1 aromatic rings. The molecule has 0 bridgehead atoms. The van der Waals surface area contributed by atoms with Gasteiger partial charge in [-0.2, -0.15) is 0 Å². The number of imidazole rings is 1. The van der Waals surface area contributed by atoms with Crippen LogP contribution in [0.3, 0.4) is 0 Å². The lowest BCUT2D eigenvalue weighted by Crippen LogP contribution is -2.56. The van der Waals surface area contributed by atoms with Crippen molar-refractivity contribution in [3.63, 3.8) is 0 Å². The van der Waals surface area contributed by atoms with Crippen molar-refractivity contribution in [2.24, 2.45) is 5.73 Å². The molecule has 13 nitrogen and oxygen atoms in total. The highest BCUT2D eigenvalue weighted by Crippen LogP contribution is 2.19. The number of primary amides is 1. The predicted molar refractivity (Wildman–Crippen MR) is 111 cm³/mol. The molecule has 2 fully saturated rings. The van der Waals surface area contributed by atoms with Crippen molar-refractivity contribution in [1.29, 1.82) is 0 Å². The summed E-state index contributed by atoms with van der Waals surface area (Å²) in [6, 6.07) is -2.58. The fourth-order valence-corrected chi connectivity index (χ4v) is 3.84. The Labute approximate surface area is 189 Å². The lowest BCUT2D eigenvalue weighted by atomic mass is 10.1. The van der Waals surface area contributed by atoms with Crippen LogP contribution in [-0.2, 0) is 35.1 Å². The van der Waals surface area contributed by atoms with Crippen LogP contribution in [0.1, 0.15) is 38.3 Å². The summed E-state index contributed by atoms with van der Waals surface area (Å²) in [5.74, 6) is -1.86. The number of nitrogens with two attached hydrogens (primary N) is 1. The molecule has 0 saturated carbocycles. The minimum Gasteiger partial charge on any atom is -0.419 e. The third-order valence-electron chi connectivity index (χ3n) is 5.65. The van der Waals surface area contributed by atoms with Crippen LogP contribution in [0.25, 0.3) is 0 Å². The molecule has 2 aliphatic rings. The first-order valence-corrected chi connectivity index (χ1v) is 10.7. The van der Waals surface area contributed by atoms with Crippen molar-refractivity contribution in [2.45, 2.75) is 63.4 Å². The van der Waals surface area contributed by atoms with Gasteiger partial charge >= 0.3 is 6.09 Å². The number of likely N-dealkylation sites (tertiary alicyclic amines) is 1. The molecule has 33 heavy (non-hydrogen) atoms. The fourth-order valence-electron chi connectivity index (χ4n) is 3.84. The van der Waals surface area contributed by atoms with E-state index < -0.39 is 48.2 Å². The van der Waals surface area contributed by atoms with E-state index in [9.17, 15) is 24.0 Å². The average molecular weight is 464 g/mol. The molecule has 0 spiro atoms. The maximum Gasteiger partial charge on any atom is 0.421 e. The molecule has 4 amide bonds. The molecular formula is C20H28N6O7. The molecule has 3 rings (SSSR count). The van der Waals surface area contributed by atoms with Crippen LogP contribution in [0.5, 0.6) is 0 Å². The van der Waals surface area contributed by atoms with Gasteiger partial charge in [0.05, 0.1) is 5.69 Å². The third-order valence-corrected chi connectivity index (χ3v) is 5.65. The average Bonchev–Trinajstić information content (AvgIpc) is 3.53. The van der Waals surface area contributed by atoms with E-state index in [4.69, 9.17) is 15.2 Å². The molecule has 2 saturated heterocycles.